The molecule has 1 unspecified atom stereocenters. The minimum absolute atomic E-state index is 0.0584. The van der Waals surface area contributed by atoms with Gasteiger partial charge in [-0.25, -0.2) is 22.0 Å². The molecule has 1 nitrogen and oxygen atoms in total. The van der Waals surface area contributed by atoms with E-state index in [0.29, 0.717) is 0 Å². The molecule has 0 aromatic heterocycles. The van der Waals surface area contributed by atoms with E-state index in [0.717, 1.165) is 0 Å². The van der Waals surface area contributed by atoms with Gasteiger partial charge in [-0.1, -0.05) is 13.8 Å². The van der Waals surface area contributed by atoms with Crippen LogP contribution in [0.4, 0.5) is 22.0 Å². The molecule has 0 fully saturated rings. The molecule has 1 atom stereocenters. The highest BCUT2D eigenvalue weighted by Crippen LogP contribution is 2.22. The Morgan fingerprint density at radius 2 is 1.10 bits per heavy atom. The fraction of sp³-hybridized carbons (Fsp3) is 0.538. The molecule has 114 valence electrons. The maximum Gasteiger partial charge on any atom is 0.225 e. The third-order valence-corrected chi connectivity index (χ3v) is 5.84. The van der Waals surface area contributed by atoms with Crippen LogP contribution in [0.5, 0.6) is 0 Å². The largest absolute Gasteiger partial charge is 0.410 e. The molecular weight excluding hydrogens is 295 g/mol. The van der Waals surface area contributed by atoms with E-state index in [1.165, 1.54) is 13.1 Å². The van der Waals surface area contributed by atoms with Gasteiger partial charge < -0.3 is 4.43 Å². The maximum absolute atomic E-state index is 13.8. The lowest BCUT2D eigenvalue weighted by Gasteiger charge is -2.30. The van der Waals surface area contributed by atoms with E-state index in [9.17, 15) is 22.0 Å². The van der Waals surface area contributed by atoms with Crippen LogP contribution in [-0.2, 0) is 4.43 Å². The van der Waals surface area contributed by atoms with Crippen LogP contribution in [-0.4, -0.2) is 14.4 Å². The van der Waals surface area contributed by atoms with Gasteiger partial charge in [0.25, 0.3) is 0 Å². The molecule has 0 radical (unpaired) electrons. The predicted molar refractivity (Wildman–Crippen MR) is 68.7 cm³/mol. The van der Waals surface area contributed by atoms with Crippen LogP contribution >= 0.6 is 0 Å². The molecule has 7 heteroatoms. The number of hydrogen-bond donors (Lipinski definition) is 0. The molecule has 1 rings (SSSR count). The fourth-order valence-electron chi connectivity index (χ4n) is 1.79. The number of rotatable bonds is 4. The highest BCUT2D eigenvalue weighted by atomic mass is 28.4. The average molecular weight is 312 g/mol. The van der Waals surface area contributed by atoms with Gasteiger partial charge in [-0.05, 0) is 25.9 Å². The lowest BCUT2D eigenvalue weighted by Crippen LogP contribution is -2.52. The van der Waals surface area contributed by atoms with Gasteiger partial charge in [-0.3, -0.25) is 0 Å². The van der Waals surface area contributed by atoms with Crippen molar-refractivity contribution in [2.75, 3.05) is 0 Å². The molecule has 20 heavy (non-hydrogen) atoms. The molecule has 0 spiro atoms. The van der Waals surface area contributed by atoms with Gasteiger partial charge in [0.15, 0.2) is 23.3 Å². The summed E-state index contributed by atoms with van der Waals surface area (Å²) in [7, 11) is -3.28. The van der Waals surface area contributed by atoms with Crippen molar-refractivity contribution in [2.24, 2.45) is 5.92 Å². The SMILES string of the molecule is CC(C)C(C)O[Si](C)(C)c1c(F)c(F)c(F)c(F)c1F. The molecule has 1 aromatic carbocycles. The number of hydrogen-bond acceptors (Lipinski definition) is 1. The van der Waals surface area contributed by atoms with Crippen molar-refractivity contribution in [3.63, 3.8) is 0 Å². The summed E-state index contributed by atoms with van der Waals surface area (Å²) < 4.78 is 72.7. The van der Waals surface area contributed by atoms with E-state index >= 15 is 0 Å². The summed E-state index contributed by atoms with van der Waals surface area (Å²) in [6, 6.07) is 0. The zero-order valence-corrected chi connectivity index (χ0v) is 13.0. The van der Waals surface area contributed by atoms with Crippen LogP contribution < -0.4 is 5.19 Å². The van der Waals surface area contributed by atoms with E-state index in [2.05, 4.69) is 0 Å². The third-order valence-electron chi connectivity index (χ3n) is 3.23. The van der Waals surface area contributed by atoms with E-state index in [4.69, 9.17) is 4.43 Å². The summed E-state index contributed by atoms with van der Waals surface area (Å²) in [4.78, 5) is 0. The molecule has 0 bridgehead atoms. The van der Waals surface area contributed by atoms with Crippen LogP contribution in [0.3, 0.4) is 0 Å². The smallest absolute Gasteiger partial charge is 0.225 e. The quantitative estimate of drug-likeness (QED) is 0.355. The number of benzene rings is 1. The Balaban J connectivity index is 3.39. The van der Waals surface area contributed by atoms with Crippen LogP contribution in [0.25, 0.3) is 0 Å². The Morgan fingerprint density at radius 1 is 0.750 bits per heavy atom. The highest BCUT2D eigenvalue weighted by Gasteiger charge is 2.39. The van der Waals surface area contributed by atoms with Crippen molar-refractivity contribution < 1.29 is 26.4 Å². The summed E-state index contributed by atoms with van der Waals surface area (Å²) in [5.41, 5.74) is 0. The second-order valence-electron chi connectivity index (χ2n) is 5.52. The molecule has 0 amide bonds. The normalized spacial score (nSPS) is 13.9. The Kier molecular flexibility index (Phi) is 4.97. The Labute approximate surface area is 115 Å². The lowest BCUT2D eigenvalue weighted by molar-refractivity contribution is 0.164. The predicted octanol–water partition coefficient (Wildman–Crippen LogP) is 3.86. The molecule has 0 aliphatic rings. The van der Waals surface area contributed by atoms with Crippen LogP contribution in [0.2, 0.25) is 13.1 Å². The maximum atomic E-state index is 13.8. The van der Waals surface area contributed by atoms with Crippen molar-refractivity contribution >= 4 is 13.5 Å². The number of halogens is 5. The minimum atomic E-state index is -3.28. The second kappa shape index (κ2) is 5.81. The van der Waals surface area contributed by atoms with Gasteiger partial charge in [0.2, 0.25) is 14.1 Å². The first kappa shape index (κ1) is 17.1. The molecule has 1 aromatic rings. The van der Waals surface area contributed by atoms with Crippen LogP contribution in [0.1, 0.15) is 20.8 Å². The first-order chi connectivity index (χ1) is 9.00. The molecule has 0 aliphatic carbocycles. The summed E-state index contributed by atoms with van der Waals surface area (Å²) >= 11 is 0. The first-order valence-electron chi connectivity index (χ1n) is 6.20. The molecule has 0 aliphatic heterocycles. The molecule has 0 heterocycles. The lowest BCUT2D eigenvalue weighted by atomic mass is 10.1. The van der Waals surface area contributed by atoms with Gasteiger partial charge in [-0.15, -0.1) is 0 Å². The van der Waals surface area contributed by atoms with Crippen LogP contribution in [0, 0.1) is 35.0 Å². The van der Waals surface area contributed by atoms with E-state index in [1.807, 2.05) is 13.8 Å². The van der Waals surface area contributed by atoms with Crippen molar-refractivity contribution in [3.8, 4) is 0 Å². The first-order valence-corrected chi connectivity index (χ1v) is 9.11. The molecule has 0 N–H and O–H groups in total. The van der Waals surface area contributed by atoms with Gasteiger partial charge in [0, 0.05) is 11.3 Å². The third kappa shape index (κ3) is 3.03. The van der Waals surface area contributed by atoms with Crippen LogP contribution in [0.15, 0.2) is 0 Å². The van der Waals surface area contributed by atoms with E-state index in [1.54, 1.807) is 6.92 Å². The minimum Gasteiger partial charge on any atom is -0.410 e. The summed E-state index contributed by atoms with van der Waals surface area (Å²) in [6.45, 7) is 8.20. The zero-order valence-electron chi connectivity index (χ0n) is 12.0. The second-order valence-corrected chi connectivity index (χ2v) is 9.28. The van der Waals surface area contributed by atoms with Crippen molar-refractivity contribution in [2.45, 2.75) is 40.0 Å². The highest BCUT2D eigenvalue weighted by molar-refractivity contribution is 6.84. The van der Waals surface area contributed by atoms with E-state index in [-0.39, 0.29) is 12.0 Å². The zero-order chi connectivity index (χ0) is 15.8. The van der Waals surface area contributed by atoms with Crippen molar-refractivity contribution in [1.29, 1.82) is 0 Å². The molecule has 0 saturated heterocycles. The van der Waals surface area contributed by atoms with E-state index < -0.39 is 42.6 Å². The summed E-state index contributed by atoms with van der Waals surface area (Å²) in [5, 5.41) is -0.818. The van der Waals surface area contributed by atoms with Gasteiger partial charge in [0.05, 0.1) is 0 Å². The average Bonchev–Trinajstić information content (AvgIpc) is 2.33. The molecule has 0 saturated carbocycles. The standard InChI is InChI=1S/C13H17F5OSi/c1-6(2)7(3)19-20(4,5)13-11(17)9(15)8(14)10(16)12(13)18/h6-7H,1-5H3. The van der Waals surface area contributed by atoms with Gasteiger partial charge in [-0.2, -0.15) is 0 Å². The van der Waals surface area contributed by atoms with Crippen molar-refractivity contribution in [3.05, 3.63) is 29.1 Å². The topological polar surface area (TPSA) is 9.23 Å². The summed E-state index contributed by atoms with van der Waals surface area (Å²) in [6.07, 6.45) is -0.355. The fourth-order valence-corrected chi connectivity index (χ4v) is 4.39. The Bertz CT molecular complexity index is 487. The Hall–Kier alpha value is -0.953. The molecular formula is C13H17F5OSi. The van der Waals surface area contributed by atoms with Crippen molar-refractivity contribution in [1.82, 2.24) is 0 Å². The van der Waals surface area contributed by atoms with Gasteiger partial charge >= 0.3 is 0 Å². The monoisotopic (exact) mass is 312 g/mol. The van der Waals surface area contributed by atoms with Gasteiger partial charge in [0.1, 0.15) is 0 Å². The Morgan fingerprint density at radius 3 is 1.45 bits per heavy atom. The summed E-state index contributed by atoms with van der Waals surface area (Å²) in [5.74, 6) is -9.54.